The van der Waals surface area contributed by atoms with E-state index in [9.17, 15) is 9.59 Å². The van der Waals surface area contributed by atoms with Gasteiger partial charge in [-0.2, -0.15) is 0 Å². The normalized spacial score (nSPS) is 12.4. The summed E-state index contributed by atoms with van der Waals surface area (Å²) in [5, 5.41) is 17.4. The maximum absolute atomic E-state index is 11.3. The summed E-state index contributed by atoms with van der Waals surface area (Å²) in [6.07, 6.45) is 3.22. The molecule has 2 N–H and O–H groups in total. The van der Waals surface area contributed by atoms with Gasteiger partial charge in [0.15, 0.2) is 0 Å². The van der Waals surface area contributed by atoms with E-state index in [1.54, 1.807) is 0 Å². The molecule has 0 heterocycles. The van der Waals surface area contributed by atoms with E-state index >= 15 is 0 Å². The number of carbonyl (C=O) groups is 2. The molecule has 0 saturated heterocycles. The first-order chi connectivity index (χ1) is 7.52. The van der Waals surface area contributed by atoms with E-state index in [2.05, 4.69) is 0 Å². The van der Waals surface area contributed by atoms with Crippen LogP contribution in [0.3, 0.4) is 0 Å². The lowest BCUT2D eigenvalue weighted by atomic mass is 10.2. The molecule has 0 aliphatic carbocycles. The fourth-order valence-electron chi connectivity index (χ4n) is 0.836. The number of ether oxygens (including phenoxy) is 1. The monoisotopic (exact) mass is 228 g/mol. The number of carboxylic acid groups (broad SMARTS) is 1. The van der Waals surface area contributed by atoms with E-state index in [4.69, 9.17) is 14.9 Å². The molecule has 0 aliphatic heterocycles. The summed E-state index contributed by atoms with van der Waals surface area (Å²) in [4.78, 5) is 21.8. The van der Waals surface area contributed by atoms with E-state index < -0.39 is 11.9 Å². The molecule has 0 aromatic carbocycles. The van der Waals surface area contributed by atoms with Crippen LogP contribution in [0.1, 0.15) is 26.7 Å². The van der Waals surface area contributed by atoms with Crippen molar-refractivity contribution in [3.8, 4) is 0 Å². The number of aliphatic hydroxyl groups excluding tert-OH is 1. The topological polar surface area (TPSA) is 83.8 Å². The zero-order valence-electron chi connectivity index (χ0n) is 9.40. The first-order valence-corrected chi connectivity index (χ1v) is 4.96. The van der Waals surface area contributed by atoms with Crippen LogP contribution in [-0.2, 0) is 14.3 Å². The Morgan fingerprint density at radius 2 is 2.00 bits per heavy atom. The molecule has 0 spiro atoms. The molecule has 0 atom stereocenters. The summed E-state index contributed by atoms with van der Waals surface area (Å²) in [7, 11) is 0. The highest BCUT2D eigenvalue weighted by atomic mass is 16.5. The van der Waals surface area contributed by atoms with Crippen molar-refractivity contribution in [3.05, 3.63) is 23.5 Å². The third kappa shape index (κ3) is 5.19. The van der Waals surface area contributed by atoms with E-state index in [0.29, 0.717) is 6.26 Å². The van der Waals surface area contributed by atoms with Crippen molar-refractivity contribution < 1.29 is 24.5 Å². The Morgan fingerprint density at radius 1 is 1.38 bits per heavy atom. The van der Waals surface area contributed by atoms with Crippen LogP contribution in [0.5, 0.6) is 0 Å². The van der Waals surface area contributed by atoms with Gasteiger partial charge in [0.1, 0.15) is 0 Å². The molecule has 0 amide bonds. The molecular formula is C11H16O5. The van der Waals surface area contributed by atoms with Crippen molar-refractivity contribution in [2.75, 3.05) is 6.61 Å². The van der Waals surface area contributed by atoms with Crippen LogP contribution in [0.15, 0.2) is 23.5 Å². The molecule has 16 heavy (non-hydrogen) atoms. The number of hydrogen-bond donors (Lipinski definition) is 2. The van der Waals surface area contributed by atoms with Gasteiger partial charge in [-0.3, -0.25) is 0 Å². The van der Waals surface area contributed by atoms with Crippen molar-refractivity contribution in [1.82, 2.24) is 0 Å². The molecule has 0 radical (unpaired) electrons. The van der Waals surface area contributed by atoms with Crippen molar-refractivity contribution in [2.24, 2.45) is 0 Å². The van der Waals surface area contributed by atoms with Crippen LogP contribution in [0.2, 0.25) is 0 Å². The van der Waals surface area contributed by atoms with Gasteiger partial charge >= 0.3 is 11.9 Å². The molecule has 0 aliphatic rings. The van der Waals surface area contributed by atoms with Crippen molar-refractivity contribution >= 4 is 11.9 Å². The molecule has 0 aromatic rings. The van der Waals surface area contributed by atoms with Gasteiger partial charge in [-0.05, 0) is 19.4 Å². The third-order valence-corrected chi connectivity index (χ3v) is 1.82. The fraction of sp³-hybridized carbons (Fsp3) is 0.455. The number of carbonyl (C=O) groups excluding carboxylic acids is 1. The molecule has 0 bridgehead atoms. The smallest absolute Gasteiger partial charge is 0.341 e. The molecule has 0 fully saturated rings. The number of esters is 1. The third-order valence-electron chi connectivity index (χ3n) is 1.82. The van der Waals surface area contributed by atoms with Crippen LogP contribution >= 0.6 is 0 Å². The van der Waals surface area contributed by atoms with Crippen LogP contribution < -0.4 is 0 Å². The lowest BCUT2D eigenvalue weighted by Crippen LogP contribution is -2.09. The fourth-order valence-corrected chi connectivity index (χ4v) is 0.836. The number of aliphatic hydroxyl groups is 1. The van der Waals surface area contributed by atoms with E-state index in [-0.39, 0.29) is 17.8 Å². The van der Waals surface area contributed by atoms with Gasteiger partial charge in [0, 0.05) is 5.57 Å². The largest absolute Gasteiger partial charge is 0.515 e. The minimum Gasteiger partial charge on any atom is -0.515 e. The second kappa shape index (κ2) is 7.50. The van der Waals surface area contributed by atoms with Crippen molar-refractivity contribution in [1.29, 1.82) is 0 Å². The number of carboxylic acids is 1. The number of hydrogen-bond acceptors (Lipinski definition) is 4. The van der Waals surface area contributed by atoms with Crippen LogP contribution in [0.25, 0.3) is 0 Å². The first kappa shape index (κ1) is 14.2. The summed E-state index contributed by atoms with van der Waals surface area (Å²) in [6, 6.07) is 0. The lowest BCUT2D eigenvalue weighted by molar-refractivity contribution is -0.138. The highest BCUT2D eigenvalue weighted by Gasteiger charge is 2.11. The molecule has 0 unspecified atom stereocenters. The van der Waals surface area contributed by atoms with Crippen LogP contribution in [0, 0.1) is 0 Å². The summed E-state index contributed by atoms with van der Waals surface area (Å²) in [6.45, 7) is 3.53. The predicted octanol–water partition coefficient (Wildman–Crippen LogP) is 1.80. The van der Waals surface area contributed by atoms with Gasteiger partial charge in [0.2, 0.25) is 0 Å². The molecule has 0 rings (SSSR count). The summed E-state index contributed by atoms with van der Waals surface area (Å²) in [5.41, 5.74) is -0.219. The van der Waals surface area contributed by atoms with Gasteiger partial charge in [0.05, 0.1) is 18.4 Å². The number of aliphatic carboxylic acids is 1. The second-order valence-corrected chi connectivity index (χ2v) is 3.21. The molecular weight excluding hydrogens is 212 g/mol. The molecule has 5 nitrogen and oxygen atoms in total. The Hall–Kier alpha value is -1.78. The first-order valence-electron chi connectivity index (χ1n) is 4.96. The second-order valence-electron chi connectivity index (χ2n) is 3.21. The Labute approximate surface area is 94.0 Å². The van der Waals surface area contributed by atoms with E-state index in [1.165, 1.54) is 6.92 Å². The number of rotatable bonds is 6. The standard InChI is InChI=1S/C11H16O5/c1-3-4-5-16-11(15)9(7-12)6-8(2)10(13)14/h6-7,12H,3-5H2,1-2H3,(H,13,14). The van der Waals surface area contributed by atoms with Gasteiger partial charge in [-0.25, -0.2) is 9.59 Å². The zero-order valence-corrected chi connectivity index (χ0v) is 9.40. The summed E-state index contributed by atoms with van der Waals surface area (Å²) >= 11 is 0. The van der Waals surface area contributed by atoms with Crippen molar-refractivity contribution in [3.63, 3.8) is 0 Å². The quantitative estimate of drug-likeness (QED) is 0.238. The predicted molar refractivity (Wildman–Crippen MR) is 58.0 cm³/mol. The maximum atomic E-state index is 11.3. The van der Waals surface area contributed by atoms with E-state index in [1.807, 2.05) is 6.92 Å². The zero-order chi connectivity index (χ0) is 12.6. The summed E-state index contributed by atoms with van der Waals surface area (Å²) in [5.74, 6) is -1.88. The Bertz CT molecular complexity index is 314. The van der Waals surface area contributed by atoms with Gasteiger partial charge < -0.3 is 14.9 Å². The average molecular weight is 228 g/mol. The van der Waals surface area contributed by atoms with Crippen molar-refractivity contribution in [2.45, 2.75) is 26.7 Å². The minimum atomic E-state index is -1.15. The molecule has 5 heteroatoms. The minimum absolute atomic E-state index is 0.0484. The van der Waals surface area contributed by atoms with Gasteiger partial charge in [0.25, 0.3) is 0 Å². The van der Waals surface area contributed by atoms with Gasteiger partial charge in [-0.1, -0.05) is 13.3 Å². The highest BCUT2D eigenvalue weighted by molar-refractivity contribution is 5.95. The van der Waals surface area contributed by atoms with Gasteiger partial charge in [-0.15, -0.1) is 0 Å². The molecule has 0 aromatic heterocycles. The Balaban J connectivity index is 4.46. The van der Waals surface area contributed by atoms with E-state index in [0.717, 1.165) is 18.9 Å². The maximum Gasteiger partial charge on any atom is 0.341 e. The highest BCUT2D eigenvalue weighted by Crippen LogP contribution is 2.05. The Morgan fingerprint density at radius 3 is 2.44 bits per heavy atom. The van der Waals surface area contributed by atoms with Crippen LogP contribution in [-0.4, -0.2) is 28.8 Å². The average Bonchev–Trinajstić information content (AvgIpc) is 2.25. The lowest BCUT2D eigenvalue weighted by Gasteiger charge is -2.03. The molecule has 90 valence electrons. The van der Waals surface area contributed by atoms with Crippen LogP contribution in [0.4, 0.5) is 0 Å². The Kier molecular flexibility index (Phi) is 6.67. The molecule has 0 saturated carbocycles. The number of unbranched alkanes of at least 4 members (excludes halogenated alkanes) is 1. The summed E-state index contributed by atoms with van der Waals surface area (Å²) < 4.78 is 4.81. The SMILES string of the molecule is CCCCOC(=O)C(C=C(C)C(=O)O)=CO.